The Balaban J connectivity index is 0.00000420. The summed E-state index contributed by atoms with van der Waals surface area (Å²) < 4.78 is 25.9. The number of rotatable bonds is 9. The second-order valence-corrected chi connectivity index (χ2v) is 11.4. The van der Waals surface area contributed by atoms with Gasteiger partial charge in [0.15, 0.2) is 5.96 Å². The summed E-state index contributed by atoms with van der Waals surface area (Å²) >= 11 is 3.07. The highest BCUT2D eigenvalue weighted by Crippen LogP contribution is 2.24. The van der Waals surface area contributed by atoms with Gasteiger partial charge in [0.25, 0.3) is 10.0 Å². The number of thioether (sulfide) groups is 1. The summed E-state index contributed by atoms with van der Waals surface area (Å²) in [6.45, 7) is 6.16. The lowest BCUT2D eigenvalue weighted by molar-refractivity contribution is 0.523. The largest absolute Gasteiger partial charge is 0.357 e. The zero-order valence-electron chi connectivity index (χ0n) is 17.1. The van der Waals surface area contributed by atoms with Crippen LogP contribution in [0.15, 0.2) is 56.6 Å². The highest BCUT2D eigenvalue weighted by atomic mass is 127. The SMILES string of the molecule is CCNC(=NCc1ccc(S(=O)(=O)N(C)C)s1)NCC(C)Sc1ccccc1.I. The van der Waals surface area contributed by atoms with Crippen molar-refractivity contribution in [2.45, 2.75) is 34.7 Å². The monoisotopic (exact) mass is 568 g/mol. The van der Waals surface area contributed by atoms with E-state index in [9.17, 15) is 8.42 Å². The van der Waals surface area contributed by atoms with E-state index in [4.69, 9.17) is 0 Å². The Labute approximate surface area is 199 Å². The summed E-state index contributed by atoms with van der Waals surface area (Å²) in [5.74, 6) is 0.730. The smallest absolute Gasteiger partial charge is 0.252 e. The third-order valence-electron chi connectivity index (χ3n) is 3.75. The van der Waals surface area contributed by atoms with Crippen LogP contribution < -0.4 is 10.6 Å². The first-order valence-electron chi connectivity index (χ1n) is 9.08. The third-order valence-corrected chi connectivity index (χ3v) is 8.21. The molecule has 0 saturated carbocycles. The third kappa shape index (κ3) is 8.44. The number of aliphatic imine (C=N–C) groups is 1. The topological polar surface area (TPSA) is 73.8 Å². The minimum absolute atomic E-state index is 0. The van der Waals surface area contributed by atoms with Crippen LogP contribution >= 0.6 is 47.1 Å². The zero-order valence-corrected chi connectivity index (χ0v) is 21.9. The molecular weight excluding hydrogens is 539 g/mol. The summed E-state index contributed by atoms with van der Waals surface area (Å²) in [4.78, 5) is 6.74. The molecule has 0 saturated heterocycles. The molecule has 0 aliphatic rings. The number of sulfonamides is 1. The summed E-state index contributed by atoms with van der Waals surface area (Å²) in [5.41, 5.74) is 0. The van der Waals surface area contributed by atoms with Crippen LogP contribution in [0.5, 0.6) is 0 Å². The van der Waals surface area contributed by atoms with Gasteiger partial charge in [-0.3, -0.25) is 0 Å². The van der Waals surface area contributed by atoms with Crippen molar-refractivity contribution in [3.8, 4) is 0 Å². The number of nitrogens with zero attached hydrogens (tertiary/aromatic N) is 2. The van der Waals surface area contributed by atoms with E-state index in [1.54, 1.807) is 6.07 Å². The van der Waals surface area contributed by atoms with Crippen LogP contribution in [0.3, 0.4) is 0 Å². The normalized spacial score (nSPS) is 13.1. The second-order valence-electron chi connectivity index (χ2n) is 6.33. The van der Waals surface area contributed by atoms with E-state index < -0.39 is 10.0 Å². The van der Waals surface area contributed by atoms with Gasteiger partial charge >= 0.3 is 0 Å². The Hall–Kier alpha value is -0.820. The van der Waals surface area contributed by atoms with Crippen molar-refractivity contribution in [1.29, 1.82) is 0 Å². The summed E-state index contributed by atoms with van der Waals surface area (Å²) in [5, 5.41) is 6.98. The van der Waals surface area contributed by atoms with E-state index in [1.807, 2.05) is 43.0 Å². The molecule has 10 heteroatoms. The molecule has 2 N–H and O–H groups in total. The van der Waals surface area contributed by atoms with E-state index in [2.05, 4.69) is 34.7 Å². The van der Waals surface area contributed by atoms with Crippen LogP contribution in [0.25, 0.3) is 0 Å². The second kappa shape index (κ2) is 12.8. The summed E-state index contributed by atoms with van der Waals surface area (Å²) in [6, 6.07) is 13.8. The minimum atomic E-state index is -3.39. The maximum Gasteiger partial charge on any atom is 0.252 e. The highest BCUT2D eigenvalue weighted by Gasteiger charge is 2.19. The van der Waals surface area contributed by atoms with Crippen LogP contribution in [-0.4, -0.2) is 51.1 Å². The molecule has 0 aliphatic carbocycles. The first kappa shape index (κ1) is 26.2. The molecule has 2 rings (SSSR count). The molecule has 1 atom stereocenters. The molecule has 2 aromatic rings. The molecule has 29 heavy (non-hydrogen) atoms. The predicted molar refractivity (Wildman–Crippen MR) is 135 cm³/mol. The van der Waals surface area contributed by atoms with Gasteiger partial charge in [-0.1, -0.05) is 25.1 Å². The first-order valence-corrected chi connectivity index (χ1v) is 12.2. The van der Waals surface area contributed by atoms with Crippen molar-refractivity contribution in [2.24, 2.45) is 4.99 Å². The molecule has 1 unspecified atom stereocenters. The average molecular weight is 569 g/mol. The molecule has 162 valence electrons. The Kier molecular flexibility index (Phi) is 11.6. The number of hydrogen-bond acceptors (Lipinski definition) is 5. The van der Waals surface area contributed by atoms with Crippen molar-refractivity contribution in [1.82, 2.24) is 14.9 Å². The van der Waals surface area contributed by atoms with Crippen LogP contribution in [0.4, 0.5) is 0 Å². The van der Waals surface area contributed by atoms with Gasteiger partial charge in [0.2, 0.25) is 0 Å². The Morgan fingerprint density at radius 2 is 1.86 bits per heavy atom. The van der Waals surface area contributed by atoms with Gasteiger partial charge in [-0.05, 0) is 31.2 Å². The average Bonchev–Trinajstić information content (AvgIpc) is 3.14. The van der Waals surface area contributed by atoms with E-state index in [1.165, 1.54) is 34.6 Å². The molecule has 0 amide bonds. The van der Waals surface area contributed by atoms with Gasteiger partial charge in [-0.25, -0.2) is 17.7 Å². The maximum atomic E-state index is 12.2. The first-order chi connectivity index (χ1) is 13.3. The summed E-state index contributed by atoms with van der Waals surface area (Å²) in [7, 11) is -0.314. The highest BCUT2D eigenvalue weighted by molar-refractivity contribution is 14.0. The molecule has 0 spiro atoms. The standard InChI is InChI=1S/C19H28N4O2S3.HI/c1-5-20-19(21-13-15(2)26-16-9-7-6-8-10-16)22-14-17-11-12-18(27-17)28(24,25)23(3)4;/h6-12,15H,5,13-14H2,1-4H3,(H2,20,21,22);1H. The van der Waals surface area contributed by atoms with Crippen LogP contribution in [0.1, 0.15) is 18.7 Å². The Bertz CT molecular complexity index is 871. The van der Waals surface area contributed by atoms with E-state index in [0.29, 0.717) is 16.0 Å². The fourth-order valence-electron chi connectivity index (χ4n) is 2.27. The van der Waals surface area contributed by atoms with Crippen LogP contribution in [0, 0.1) is 0 Å². The minimum Gasteiger partial charge on any atom is -0.357 e. The van der Waals surface area contributed by atoms with Gasteiger partial charge in [0.1, 0.15) is 4.21 Å². The van der Waals surface area contributed by atoms with Crippen molar-refractivity contribution in [3.05, 3.63) is 47.3 Å². The number of halogens is 1. The van der Waals surface area contributed by atoms with Gasteiger partial charge in [-0.15, -0.1) is 47.1 Å². The lowest BCUT2D eigenvalue weighted by Gasteiger charge is -2.15. The zero-order chi connectivity index (χ0) is 20.6. The number of hydrogen-bond donors (Lipinski definition) is 2. The van der Waals surface area contributed by atoms with Crippen molar-refractivity contribution >= 4 is 63.1 Å². The number of nitrogens with one attached hydrogen (secondary N) is 2. The fourth-order valence-corrected chi connectivity index (χ4v) is 5.67. The van der Waals surface area contributed by atoms with Gasteiger partial charge < -0.3 is 10.6 Å². The van der Waals surface area contributed by atoms with Gasteiger partial charge in [-0.2, -0.15) is 0 Å². The molecule has 0 fully saturated rings. The molecule has 0 radical (unpaired) electrons. The number of thiophene rings is 1. The molecular formula is C19H29IN4O2S3. The molecule has 1 heterocycles. The quantitative estimate of drug-likeness (QED) is 0.208. The van der Waals surface area contributed by atoms with Gasteiger partial charge in [0.05, 0.1) is 6.54 Å². The van der Waals surface area contributed by atoms with E-state index in [0.717, 1.165) is 23.9 Å². The van der Waals surface area contributed by atoms with Gasteiger partial charge in [0, 0.05) is 42.2 Å². The molecule has 6 nitrogen and oxygen atoms in total. The molecule has 0 aliphatic heterocycles. The number of guanidine groups is 1. The Morgan fingerprint density at radius 3 is 2.48 bits per heavy atom. The predicted octanol–water partition coefficient (Wildman–Crippen LogP) is 3.85. The molecule has 0 bridgehead atoms. The fraction of sp³-hybridized carbons (Fsp3) is 0.421. The van der Waals surface area contributed by atoms with Crippen molar-refractivity contribution < 1.29 is 8.42 Å². The molecule has 1 aromatic heterocycles. The molecule has 1 aromatic carbocycles. The number of benzene rings is 1. The lowest BCUT2D eigenvalue weighted by Crippen LogP contribution is -2.40. The lowest BCUT2D eigenvalue weighted by atomic mass is 10.4. The van der Waals surface area contributed by atoms with Crippen molar-refractivity contribution in [2.75, 3.05) is 27.2 Å². The van der Waals surface area contributed by atoms with Crippen molar-refractivity contribution in [3.63, 3.8) is 0 Å². The van der Waals surface area contributed by atoms with E-state index in [-0.39, 0.29) is 24.0 Å². The Morgan fingerprint density at radius 1 is 1.17 bits per heavy atom. The van der Waals surface area contributed by atoms with E-state index >= 15 is 0 Å². The van der Waals surface area contributed by atoms with Crippen LogP contribution in [-0.2, 0) is 16.6 Å². The summed E-state index contributed by atoms with van der Waals surface area (Å²) in [6.07, 6.45) is 0. The van der Waals surface area contributed by atoms with Crippen LogP contribution in [0.2, 0.25) is 0 Å². The maximum absolute atomic E-state index is 12.2.